The Morgan fingerprint density at radius 2 is 2.00 bits per heavy atom. The van der Waals surface area contributed by atoms with Gasteiger partial charge in [0.15, 0.2) is 17.5 Å². The molecule has 0 fully saturated rings. The van der Waals surface area contributed by atoms with Gasteiger partial charge >= 0.3 is 0 Å². The number of guanidine groups is 1. The van der Waals surface area contributed by atoms with Crippen molar-refractivity contribution in [3.63, 3.8) is 0 Å². The number of aliphatic imine (C=N–C) groups is 1. The number of aryl methyl sites for hydroxylation is 2. The number of ether oxygens (including phenoxy) is 2. The molecule has 0 amide bonds. The van der Waals surface area contributed by atoms with Gasteiger partial charge in [-0.2, -0.15) is 5.10 Å². The van der Waals surface area contributed by atoms with Crippen LogP contribution in [0.15, 0.2) is 29.3 Å². The average molecular weight is 485 g/mol. The Morgan fingerprint density at radius 1 is 1.26 bits per heavy atom. The Kier molecular flexibility index (Phi) is 7.76. The van der Waals surface area contributed by atoms with Crippen LogP contribution < -0.4 is 20.5 Å². The molecular weight excluding hydrogens is 457 g/mol. The van der Waals surface area contributed by atoms with E-state index in [1.165, 1.54) is 0 Å². The van der Waals surface area contributed by atoms with Gasteiger partial charge in [0.25, 0.3) is 0 Å². The van der Waals surface area contributed by atoms with E-state index in [0.29, 0.717) is 31.6 Å². The van der Waals surface area contributed by atoms with Crippen LogP contribution in [0.25, 0.3) is 0 Å². The molecule has 1 unspecified atom stereocenters. The third-order valence-electron chi connectivity index (χ3n) is 4.18. The van der Waals surface area contributed by atoms with Crippen LogP contribution in [-0.4, -0.2) is 35.5 Å². The zero-order valence-electron chi connectivity index (χ0n) is 16.1. The topological polar surface area (TPSA) is 86.7 Å². The number of nitrogens with two attached hydrogens (primary N) is 1. The van der Waals surface area contributed by atoms with Crippen molar-refractivity contribution in [2.45, 2.75) is 33.7 Å². The Hall–Kier alpha value is -1.97. The van der Waals surface area contributed by atoms with E-state index in [4.69, 9.17) is 15.2 Å². The van der Waals surface area contributed by atoms with Crippen molar-refractivity contribution in [1.29, 1.82) is 0 Å². The summed E-state index contributed by atoms with van der Waals surface area (Å²) in [6.07, 6.45) is 0.883. The molecule has 2 heterocycles. The van der Waals surface area contributed by atoms with Gasteiger partial charge in [0, 0.05) is 37.0 Å². The number of hydrogen-bond donors (Lipinski definition) is 2. The number of benzene rings is 1. The van der Waals surface area contributed by atoms with Gasteiger partial charge in [0.2, 0.25) is 0 Å². The molecule has 0 bridgehead atoms. The molecule has 1 atom stereocenters. The maximum Gasteiger partial charge on any atom is 0.193 e. The molecule has 1 aromatic heterocycles. The maximum absolute atomic E-state index is 6.03. The van der Waals surface area contributed by atoms with Crippen LogP contribution in [0.3, 0.4) is 0 Å². The number of rotatable bonds is 5. The fourth-order valence-electron chi connectivity index (χ4n) is 2.90. The van der Waals surface area contributed by atoms with Gasteiger partial charge in [-0.3, -0.25) is 9.67 Å². The fourth-order valence-corrected chi connectivity index (χ4v) is 2.90. The van der Waals surface area contributed by atoms with Gasteiger partial charge < -0.3 is 20.5 Å². The second-order valence-corrected chi connectivity index (χ2v) is 6.78. The number of fused-ring (bicyclic) bond motifs is 1. The van der Waals surface area contributed by atoms with Gasteiger partial charge in [-0.1, -0.05) is 6.92 Å². The summed E-state index contributed by atoms with van der Waals surface area (Å²) in [7, 11) is 0. The zero-order chi connectivity index (χ0) is 18.5. The zero-order valence-corrected chi connectivity index (χ0v) is 18.4. The smallest absolute Gasteiger partial charge is 0.193 e. The molecular formula is C19H28IN5O2. The van der Waals surface area contributed by atoms with E-state index in [2.05, 4.69) is 35.3 Å². The molecule has 1 aliphatic rings. The second kappa shape index (κ2) is 9.82. The third kappa shape index (κ3) is 6.02. The van der Waals surface area contributed by atoms with Crippen LogP contribution in [0.5, 0.6) is 11.5 Å². The van der Waals surface area contributed by atoms with Gasteiger partial charge in [-0.15, -0.1) is 24.0 Å². The predicted octanol–water partition coefficient (Wildman–Crippen LogP) is 3.34. The molecule has 0 saturated heterocycles. The van der Waals surface area contributed by atoms with Gasteiger partial charge in [0.05, 0.1) is 18.9 Å². The molecule has 0 saturated carbocycles. The number of anilines is 1. The highest BCUT2D eigenvalue weighted by Gasteiger charge is 2.11. The van der Waals surface area contributed by atoms with Crippen molar-refractivity contribution >= 4 is 35.6 Å². The molecule has 3 N–H and O–H groups in total. The minimum atomic E-state index is 0. The average Bonchev–Trinajstić information content (AvgIpc) is 2.79. The summed E-state index contributed by atoms with van der Waals surface area (Å²) in [4.78, 5) is 4.45. The molecule has 3 rings (SSSR count). The van der Waals surface area contributed by atoms with E-state index in [1.54, 1.807) is 0 Å². The molecule has 2 aromatic rings. The van der Waals surface area contributed by atoms with Gasteiger partial charge in [0.1, 0.15) is 0 Å². The largest absolute Gasteiger partial charge is 0.490 e. The van der Waals surface area contributed by atoms with Crippen molar-refractivity contribution in [2.75, 3.05) is 25.1 Å². The molecule has 148 valence electrons. The number of nitrogens with zero attached hydrogens (tertiary/aromatic N) is 3. The summed E-state index contributed by atoms with van der Waals surface area (Å²) in [5.41, 5.74) is 9.07. The lowest BCUT2D eigenvalue weighted by Gasteiger charge is -2.13. The van der Waals surface area contributed by atoms with Gasteiger partial charge in [-0.25, -0.2) is 0 Å². The third-order valence-corrected chi connectivity index (χ3v) is 4.18. The van der Waals surface area contributed by atoms with Crippen molar-refractivity contribution in [3.8, 4) is 11.5 Å². The first-order valence-corrected chi connectivity index (χ1v) is 8.99. The highest BCUT2D eigenvalue weighted by Crippen LogP contribution is 2.32. The Labute approximate surface area is 177 Å². The summed E-state index contributed by atoms with van der Waals surface area (Å²) in [5.74, 6) is 2.22. The molecule has 0 aliphatic carbocycles. The molecule has 0 spiro atoms. The summed E-state index contributed by atoms with van der Waals surface area (Å²) < 4.78 is 13.3. The monoisotopic (exact) mass is 485 g/mol. The van der Waals surface area contributed by atoms with Crippen LogP contribution in [0.2, 0.25) is 0 Å². The van der Waals surface area contributed by atoms with E-state index in [1.807, 2.05) is 29.8 Å². The summed E-state index contributed by atoms with van der Waals surface area (Å²) in [5, 5.41) is 7.61. The Bertz CT molecular complexity index is 790. The van der Waals surface area contributed by atoms with E-state index < -0.39 is 0 Å². The van der Waals surface area contributed by atoms with Crippen LogP contribution in [0, 0.1) is 19.8 Å². The van der Waals surface area contributed by atoms with E-state index in [9.17, 15) is 0 Å². The number of nitrogens with one attached hydrogen (secondary N) is 1. The minimum absolute atomic E-state index is 0. The van der Waals surface area contributed by atoms with Crippen LogP contribution in [0.4, 0.5) is 5.69 Å². The standard InChI is InChI=1S/C19H27N5O2.HI/c1-13(12-24-15(3)9-14(2)23-24)11-21-19(20)22-16-5-6-17-18(10-16)26-8-4-7-25-17;/h5-6,9-10,13H,4,7-8,11-12H2,1-3H3,(H3,20,21,22);1H. The van der Waals surface area contributed by atoms with Crippen LogP contribution in [0.1, 0.15) is 24.7 Å². The second-order valence-electron chi connectivity index (χ2n) is 6.78. The number of halogens is 1. The molecule has 8 heteroatoms. The first-order valence-electron chi connectivity index (χ1n) is 8.99. The lowest BCUT2D eigenvalue weighted by atomic mass is 10.2. The number of hydrogen-bond acceptors (Lipinski definition) is 4. The fraction of sp³-hybridized carbons (Fsp3) is 0.474. The Balaban J connectivity index is 0.00000261. The summed E-state index contributed by atoms with van der Waals surface area (Å²) in [6, 6.07) is 7.77. The van der Waals surface area contributed by atoms with Gasteiger partial charge in [-0.05, 0) is 38.0 Å². The quantitative estimate of drug-likeness (QED) is 0.386. The highest BCUT2D eigenvalue weighted by molar-refractivity contribution is 14.0. The normalized spacial score (nSPS) is 14.9. The minimum Gasteiger partial charge on any atom is -0.490 e. The van der Waals surface area contributed by atoms with Crippen LogP contribution in [-0.2, 0) is 6.54 Å². The molecule has 1 aliphatic heterocycles. The summed E-state index contributed by atoms with van der Waals surface area (Å²) in [6.45, 7) is 8.99. The summed E-state index contributed by atoms with van der Waals surface area (Å²) >= 11 is 0. The van der Waals surface area contributed by atoms with Crippen molar-refractivity contribution in [3.05, 3.63) is 35.7 Å². The SMILES string of the molecule is Cc1cc(C)n(CC(C)CN=C(N)Nc2ccc3c(c2)OCCCO3)n1.I. The van der Waals surface area contributed by atoms with Crippen molar-refractivity contribution in [1.82, 2.24) is 9.78 Å². The van der Waals surface area contributed by atoms with Crippen molar-refractivity contribution < 1.29 is 9.47 Å². The van der Waals surface area contributed by atoms with E-state index in [0.717, 1.165) is 41.5 Å². The van der Waals surface area contributed by atoms with Crippen molar-refractivity contribution in [2.24, 2.45) is 16.6 Å². The highest BCUT2D eigenvalue weighted by atomic mass is 127. The lowest BCUT2D eigenvalue weighted by Crippen LogP contribution is -2.24. The van der Waals surface area contributed by atoms with Crippen LogP contribution >= 0.6 is 24.0 Å². The maximum atomic E-state index is 6.03. The molecule has 0 radical (unpaired) electrons. The molecule has 27 heavy (non-hydrogen) atoms. The first kappa shape index (κ1) is 21.3. The predicted molar refractivity (Wildman–Crippen MR) is 118 cm³/mol. The lowest BCUT2D eigenvalue weighted by molar-refractivity contribution is 0.297. The Morgan fingerprint density at radius 3 is 2.70 bits per heavy atom. The number of aromatic nitrogens is 2. The van der Waals surface area contributed by atoms with E-state index >= 15 is 0 Å². The van der Waals surface area contributed by atoms with E-state index in [-0.39, 0.29) is 24.0 Å². The molecule has 7 nitrogen and oxygen atoms in total. The molecule has 1 aromatic carbocycles. The first-order chi connectivity index (χ1) is 12.5.